The fourth-order valence-corrected chi connectivity index (χ4v) is 4.53. The number of benzene rings is 1. The van der Waals surface area contributed by atoms with Crippen LogP contribution in [-0.2, 0) is 19.6 Å². The van der Waals surface area contributed by atoms with Gasteiger partial charge in [0.15, 0.2) is 6.10 Å². The van der Waals surface area contributed by atoms with E-state index < -0.39 is 33.5 Å². The highest BCUT2D eigenvalue weighted by atomic mass is 32.2. The zero-order valence-corrected chi connectivity index (χ0v) is 17.8. The van der Waals surface area contributed by atoms with Gasteiger partial charge in [0.05, 0.1) is 10.5 Å². The lowest BCUT2D eigenvalue weighted by Gasteiger charge is -2.23. The second-order valence-electron chi connectivity index (χ2n) is 8.13. The molecule has 1 atom stereocenters. The first kappa shape index (κ1) is 22.4. The maximum absolute atomic E-state index is 12.9. The van der Waals surface area contributed by atoms with Gasteiger partial charge in [0.2, 0.25) is 10.0 Å². The van der Waals surface area contributed by atoms with E-state index in [-0.39, 0.29) is 10.5 Å². The number of amides is 1. The molecule has 1 N–H and O–H groups in total. The Morgan fingerprint density at radius 3 is 2.29 bits per heavy atom. The summed E-state index contributed by atoms with van der Waals surface area (Å²) in [7, 11) is -3.66. The number of nitrogens with one attached hydrogen (secondary N) is 1. The summed E-state index contributed by atoms with van der Waals surface area (Å²) in [6.07, 6.45) is 2.72. The summed E-state index contributed by atoms with van der Waals surface area (Å²) in [5, 5.41) is 2.74. The summed E-state index contributed by atoms with van der Waals surface area (Å²) in [6.45, 7) is 7.95. The van der Waals surface area contributed by atoms with Crippen LogP contribution in [0, 0.1) is 0 Å². The monoisotopic (exact) mass is 410 g/mol. The van der Waals surface area contributed by atoms with Crippen LogP contribution in [0.2, 0.25) is 0 Å². The lowest BCUT2D eigenvalue weighted by Crippen LogP contribution is -2.46. The van der Waals surface area contributed by atoms with Gasteiger partial charge in [-0.05, 0) is 58.7 Å². The van der Waals surface area contributed by atoms with Crippen LogP contribution in [-0.4, -0.2) is 49.3 Å². The summed E-state index contributed by atoms with van der Waals surface area (Å²) in [6, 6.07) is 5.79. The van der Waals surface area contributed by atoms with Crippen molar-refractivity contribution in [1.82, 2.24) is 9.62 Å². The molecule has 1 aromatic carbocycles. The molecule has 8 heteroatoms. The predicted molar refractivity (Wildman–Crippen MR) is 106 cm³/mol. The summed E-state index contributed by atoms with van der Waals surface area (Å²) in [5.41, 5.74) is -0.342. The Labute approximate surface area is 167 Å². The van der Waals surface area contributed by atoms with Crippen molar-refractivity contribution in [1.29, 1.82) is 0 Å². The van der Waals surface area contributed by atoms with Crippen LogP contribution >= 0.6 is 0 Å². The molecule has 1 saturated heterocycles. The molecule has 1 heterocycles. The van der Waals surface area contributed by atoms with Gasteiger partial charge in [-0.3, -0.25) is 4.79 Å². The van der Waals surface area contributed by atoms with Crippen LogP contribution in [0.25, 0.3) is 0 Å². The summed E-state index contributed by atoms with van der Waals surface area (Å²) in [4.78, 5) is 24.6. The van der Waals surface area contributed by atoms with Crippen LogP contribution < -0.4 is 5.32 Å². The van der Waals surface area contributed by atoms with Gasteiger partial charge in [0, 0.05) is 18.6 Å². The quantitative estimate of drug-likeness (QED) is 0.754. The molecule has 1 aromatic rings. The summed E-state index contributed by atoms with van der Waals surface area (Å²) >= 11 is 0. The second-order valence-corrected chi connectivity index (χ2v) is 10.1. The average molecular weight is 411 g/mol. The van der Waals surface area contributed by atoms with E-state index in [9.17, 15) is 18.0 Å². The minimum atomic E-state index is -3.66. The number of nitrogens with zero attached hydrogens (tertiary/aromatic N) is 1. The third-order valence-corrected chi connectivity index (χ3v) is 6.32. The molecule has 0 bridgehead atoms. The molecule has 28 heavy (non-hydrogen) atoms. The van der Waals surface area contributed by atoms with Crippen LogP contribution in [0.1, 0.15) is 63.7 Å². The topological polar surface area (TPSA) is 92.8 Å². The fourth-order valence-electron chi connectivity index (χ4n) is 2.97. The van der Waals surface area contributed by atoms with E-state index in [0.717, 1.165) is 25.7 Å². The molecule has 0 spiro atoms. The minimum absolute atomic E-state index is 0.0654. The molecule has 0 unspecified atom stereocenters. The van der Waals surface area contributed by atoms with Gasteiger partial charge in [-0.2, -0.15) is 4.31 Å². The first-order chi connectivity index (χ1) is 13.0. The molecule has 0 aromatic heterocycles. The highest BCUT2D eigenvalue weighted by Gasteiger charge is 2.27. The number of carbonyl (C=O) groups is 2. The van der Waals surface area contributed by atoms with Crippen LogP contribution in [0.4, 0.5) is 0 Å². The van der Waals surface area contributed by atoms with E-state index in [0.29, 0.717) is 13.1 Å². The van der Waals surface area contributed by atoms with Gasteiger partial charge in [-0.25, -0.2) is 13.2 Å². The van der Waals surface area contributed by atoms with Crippen molar-refractivity contribution in [3.05, 3.63) is 29.8 Å². The summed E-state index contributed by atoms with van der Waals surface area (Å²) < 4.78 is 32.5. The Bertz CT molecular complexity index is 806. The van der Waals surface area contributed by atoms with E-state index in [1.54, 1.807) is 0 Å². The van der Waals surface area contributed by atoms with Crippen LogP contribution in [0.5, 0.6) is 0 Å². The molecule has 0 saturated carbocycles. The van der Waals surface area contributed by atoms with Gasteiger partial charge in [-0.15, -0.1) is 0 Å². The Kier molecular flexibility index (Phi) is 7.22. The Morgan fingerprint density at radius 2 is 1.71 bits per heavy atom. The molecule has 2 rings (SSSR count). The number of hydrogen-bond donors (Lipinski definition) is 1. The highest BCUT2D eigenvalue weighted by molar-refractivity contribution is 7.89. The molecule has 0 radical (unpaired) electrons. The zero-order valence-electron chi connectivity index (χ0n) is 17.0. The van der Waals surface area contributed by atoms with Crippen molar-refractivity contribution >= 4 is 21.9 Å². The Morgan fingerprint density at radius 1 is 1.11 bits per heavy atom. The smallest absolute Gasteiger partial charge is 0.338 e. The normalized spacial score (nSPS) is 17.4. The van der Waals surface area contributed by atoms with E-state index in [4.69, 9.17) is 4.74 Å². The van der Waals surface area contributed by atoms with Gasteiger partial charge in [-0.1, -0.05) is 18.9 Å². The third kappa shape index (κ3) is 6.04. The predicted octanol–water partition coefficient (Wildman–Crippen LogP) is 2.71. The zero-order chi connectivity index (χ0) is 20.9. The van der Waals surface area contributed by atoms with Crippen LogP contribution in [0.15, 0.2) is 29.2 Å². The maximum atomic E-state index is 12.9. The molecule has 156 valence electrons. The Balaban J connectivity index is 2.13. The number of ether oxygens (including phenoxy) is 1. The lowest BCUT2D eigenvalue weighted by atomic mass is 10.1. The lowest BCUT2D eigenvalue weighted by molar-refractivity contribution is -0.130. The van der Waals surface area contributed by atoms with Gasteiger partial charge < -0.3 is 10.1 Å². The van der Waals surface area contributed by atoms with E-state index in [1.165, 1.54) is 35.5 Å². The number of hydrogen-bond acceptors (Lipinski definition) is 5. The average Bonchev–Trinajstić information content (AvgIpc) is 2.90. The SMILES string of the molecule is C[C@H](OC(=O)c1cccc(S(=O)(=O)N2CCCCCC2)c1)C(=O)NC(C)(C)C. The highest BCUT2D eigenvalue weighted by Crippen LogP contribution is 2.21. The van der Waals surface area contributed by atoms with E-state index in [1.807, 2.05) is 20.8 Å². The molecule has 1 aliphatic heterocycles. The molecule has 1 fully saturated rings. The van der Waals surface area contributed by atoms with Crippen molar-refractivity contribution in [2.24, 2.45) is 0 Å². The van der Waals surface area contributed by atoms with Gasteiger partial charge in [0.1, 0.15) is 0 Å². The van der Waals surface area contributed by atoms with Crippen LogP contribution in [0.3, 0.4) is 0 Å². The minimum Gasteiger partial charge on any atom is -0.449 e. The number of rotatable bonds is 5. The third-order valence-electron chi connectivity index (χ3n) is 4.42. The largest absolute Gasteiger partial charge is 0.449 e. The van der Waals surface area contributed by atoms with Crippen molar-refractivity contribution in [2.75, 3.05) is 13.1 Å². The first-order valence-electron chi connectivity index (χ1n) is 9.64. The van der Waals surface area contributed by atoms with Crippen molar-refractivity contribution in [2.45, 2.75) is 69.9 Å². The fraction of sp³-hybridized carbons (Fsp3) is 0.600. The van der Waals surface area contributed by atoms with E-state index >= 15 is 0 Å². The van der Waals surface area contributed by atoms with Crippen molar-refractivity contribution < 1.29 is 22.7 Å². The summed E-state index contributed by atoms with van der Waals surface area (Å²) in [5.74, 6) is -1.14. The first-order valence-corrected chi connectivity index (χ1v) is 11.1. The van der Waals surface area contributed by atoms with Gasteiger partial charge >= 0.3 is 5.97 Å². The molecular formula is C20H30N2O5S. The number of esters is 1. The molecular weight excluding hydrogens is 380 g/mol. The Hall–Kier alpha value is -1.93. The number of sulfonamides is 1. The van der Waals surface area contributed by atoms with E-state index in [2.05, 4.69) is 5.32 Å². The molecule has 7 nitrogen and oxygen atoms in total. The number of carbonyl (C=O) groups excluding carboxylic acids is 2. The standard InChI is InChI=1S/C20H30N2O5S/c1-15(18(23)21-20(2,3)4)27-19(24)16-10-9-11-17(14-16)28(25,26)22-12-7-5-6-8-13-22/h9-11,14-15H,5-8,12-13H2,1-4H3,(H,21,23)/t15-/m0/s1. The van der Waals surface area contributed by atoms with Crippen molar-refractivity contribution in [3.63, 3.8) is 0 Å². The van der Waals surface area contributed by atoms with Crippen molar-refractivity contribution in [3.8, 4) is 0 Å². The second kappa shape index (κ2) is 9.05. The molecule has 1 aliphatic rings. The molecule has 1 amide bonds. The van der Waals surface area contributed by atoms with Gasteiger partial charge in [0.25, 0.3) is 5.91 Å². The molecule has 0 aliphatic carbocycles. The maximum Gasteiger partial charge on any atom is 0.338 e.